The van der Waals surface area contributed by atoms with E-state index in [9.17, 15) is 4.79 Å². The van der Waals surface area contributed by atoms with Crippen LogP contribution in [-0.2, 0) is 17.8 Å². The zero-order valence-corrected chi connectivity index (χ0v) is 13.5. The van der Waals surface area contributed by atoms with Crippen LogP contribution < -0.4 is 0 Å². The molecule has 0 radical (unpaired) electrons. The number of hydrogen-bond donors (Lipinski definition) is 0. The summed E-state index contributed by atoms with van der Waals surface area (Å²) in [5.74, 6) is 0.988. The second-order valence-electron chi connectivity index (χ2n) is 6.07. The molecular weight excluding hydrogens is 300 g/mol. The predicted molar refractivity (Wildman–Crippen MR) is 92.2 cm³/mol. The molecule has 1 aromatic heterocycles. The van der Waals surface area contributed by atoms with E-state index in [4.69, 9.17) is 4.52 Å². The average Bonchev–Trinajstić information content (AvgIpc) is 3.06. The van der Waals surface area contributed by atoms with Gasteiger partial charge in [0.2, 0.25) is 5.91 Å². The lowest BCUT2D eigenvalue weighted by Gasteiger charge is -2.24. The average molecular weight is 318 g/mol. The van der Waals surface area contributed by atoms with Crippen molar-refractivity contribution in [1.82, 2.24) is 10.1 Å². The number of hydrogen-bond acceptors (Lipinski definition) is 3. The molecule has 0 bridgehead atoms. The Balaban J connectivity index is 1.66. The number of rotatable bonds is 2. The normalized spacial score (nSPS) is 13.6. The predicted octanol–water partition coefficient (Wildman–Crippen LogP) is 3.91. The van der Waals surface area contributed by atoms with E-state index in [1.54, 1.807) is 6.92 Å². The minimum atomic E-state index is 0.0900. The van der Waals surface area contributed by atoms with Crippen LogP contribution in [0, 0.1) is 0 Å². The first-order valence-electron chi connectivity index (χ1n) is 8.11. The van der Waals surface area contributed by atoms with E-state index < -0.39 is 0 Å². The van der Waals surface area contributed by atoms with Gasteiger partial charge in [0.25, 0.3) is 0 Å². The first kappa shape index (κ1) is 14.7. The molecule has 4 heteroatoms. The van der Waals surface area contributed by atoms with Crippen molar-refractivity contribution in [2.45, 2.75) is 19.9 Å². The number of amides is 1. The summed E-state index contributed by atoms with van der Waals surface area (Å²) in [7, 11) is 0. The molecule has 0 spiro atoms. The number of carbonyl (C=O) groups excluding carboxylic acids is 1. The molecule has 3 aromatic rings. The Morgan fingerprint density at radius 3 is 2.38 bits per heavy atom. The van der Waals surface area contributed by atoms with Gasteiger partial charge in [-0.1, -0.05) is 59.8 Å². The zero-order valence-electron chi connectivity index (χ0n) is 13.5. The molecule has 2 heterocycles. The molecule has 0 fully saturated rings. The molecule has 2 aromatic carbocycles. The molecule has 0 saturated heterocycles. The highest BCUT2D eigenvalue weighted by Crippen LogP contribution is 2.31. The maximum Gasteiger partial charge on any atom is 0.219 e. The highest BCUT2D eigenvalue weighted by Gasteiger charge is 2.25. The molecule has 120 valence electrons. The SMILES string of the molecule is CC(=O)N1CCc2onc(-c3ccc(-c4ccccc4)cc3)c2C1. The van der Waals surface area contributed by atoms with Gasteiger partial charge in [-0.2, -0.15) is 0 Å². The fraction of sp³-hybridized carbons (Fsp3) is 0.200. The van der Waals surface area contributed by atoms with Crippen molar-refractivity contribution in [3.63, 3.8) is 0 Å². The Bertz CT molecular complexity index is 866. The monoisotopic (exact) mass is 318 g/mol. The van der Waals surface area contributed by atoms with Gasteiger partial charge in [0.1, 0.15) is 11.5 Å². The Hall–Kier alpha value is -2.88. The topological polar surface area (TPSA) is 46.3 Å². The Labute approximate surface area is 140 Å². The van der Waals surface area contributed by atoms with Crippen molar-refractivity contribution in [3.8, 4) is 22.4 Å². The summed E-state index contributed by atoms with van der Waals surface area (Å²) in [4.78, 5) is 13.5. The largest absolute Gasteiger partial charge is 0.360 e. The molecule has 1 aliphatic heterocycles. The molecule has 4 rings (SSSR count). The van der Waals surface area contributed by atoms with Gasteiger partial charge in [-0.25, -0.2) is 0 Å². The van der Waals surface area contributed by atoms with Gasteiger partial charge in [-0.05, 0) is 11.1 Å². The van der Waals surface area contributed by atoms with Gasteiger partial charge >= 0.3 is 0 Å². The number of benzene rings is 2. The summed E-state index contributed by atoms with van der Waals surface area (Å²) in [5.41, 5.74) is 5.25. The number of carbonyl (C=O) groups is 1. The highest BCUT2D eigenvalue weighted by atomic mass is 16.5. The third kappa shape index (κ3) is 2.60. The Kier molecular flexibility index (Phi) is 3.65. The van der Waals surface area contributed by atoms with E-state index >= 15 is 0 Å². The minimum absolute atomic E-state index is 0.0900. The van der Waals surface area contributed by atoms with Crippen LogP contribution in [0.1, 0.15) is 18.2 Å². The first-order valence-corrected chi connectivity index (χ1v) is 8.11. The van der Waals surface area contributed by atoms with Crippen LogP contribution in [0.4, 0.5) is 0 Å². The van der Waals surface area contributed by atoms with Gasteiger partial charge in [-0.15, -0.1) is 0 Å². The van der Waals surface area contributed by atoms with E-state index in [0.29, 0.717) is 13.1 Å². The van der Waals surface area contributed by atoms with Crippen LogP contribution in [0.15, 0.2) is 59.1 Å². The molecule has 1 aliphatic rings. The number of aromatic nitrogens is 1. The third-order valence-corrected chi connectivity index (χ3v) is 4.54. The number of nitrogens with zero attached hydrogens (tertiary/aromatic N) is 2. The fourth-order valence-electron chi connectivity index (χ4n) is 3.16. The lowest BCUT2D eigenvalue weighted by atomic mass is 9.99. The van der Waals surface area contributed by atoms with Crippen LogP contribution in [0.25, 0.3) is 22.4 Å². The molecule has 0 atom stereocenters. The smallest absolute Gasteiger partial charge is 0.219 e. The Morgan fingerprint density at radius 1 is 1.00 bits per heavy atom. The highest BCUT2D eigenvalue weighted by molar-refractivity contribution is 5.75. The van der Waals surface area contributed by atoms with Crippen molar-refractivity contribution in [2.24, 2.45) is 0 Å². The van der Waals surface area contributed by atoms with E-state index in [2.05, 4.69) is 41.6 Å². The second-order valence-corrected chi connectivity index (χ2v) is 6.07. The van der Waals surface area contributed by atoms with E-state index in [1.165, 1.54) is 11.1 Å². The standard InChI is InChI=1S/C20H18N2O2/c1-14(23)22-12-11-19-18(13-22)20(21-24-19)17-9-7-16(8-10-17)15-5-3-2-4-6-15/h2-10H,11-13H2,1H3. The van der Waals surface area contributed by atoms with Crippen molar-refractivity contribution in [2.75, 3.05) is 6.54 Å². The molecule has 0 aliphatic carbocycles. The minimum Gasteiger partial charge on any atom is -0.360 e. The Morgan fingerprint density at radius 2 is 1.67 bits per heavy atom. The maximum atomic E-state index is 11.7. The van der Waals surface area contributed by atoms with Crippen molar-refractivity contribution in [3.05, 3.63) is 65.9 Å². The third-order valence-electron chi connectivity index (χ3n) is 4.54. The lowest BCUT2D eigenvalue weighted by Crippen LogP contribution is -2.33. The van der Waals surface area contributed by atoms with Gasteiger partial charge in [-0.3, -0.25) is 4.79 Å². The maximum absolute atomic E-state index is 11.7. The number of fused-ring (bicyclic) bond motifs is 1. The quantitative estimate of drug-likeness (QED) is 0.719. The zero-order chi connectivity index (χ0) is 16.5. The van der Waals surface area contributed by atoms with E-state index in [0.717, 1.165) is 29.0 Å². The van der Waals surface area contributed by atoms with Crippen LogP contribution in [0.2, 0.25) is 0 Å². The summed E-state index contributed by atoms with van der Waals surface area (Å²) >= 11 is 0. The molecule has 0 N–H and O–H groups in total. The molecular formula is C20H18N2O2. The van der Waals surface area contributed by atoms with Crippen LogP contribution in [-0.4, -0.2) is 22.5 Å². The van der Waals surface area contributed by atoms with Gasteiger partial charge < -0.3 is 9.42 Å². The molecule has 0 unspecified atom stereocenters. The molecule has 24 heavy (non-hydrogen) atoms. The van der Waals surface area contributed by atoms with Crippen molar-refractivity contribution >= 4 is 5.91 Å². The summed E-state index contributed by atoms with van der Waals surface area (Å²) in [6, 6.07) is 18.6. The van der Waals surface area contributed by atoms with Crippen LogP contribution >= 0.6 is 0 Å². The van der Waals surface area contributed by atoms with E-state index in [-0.39, 0.29) is 5.91 Å². The van der Waals surface area contributed by atoms with E-state index in [1.807, 2.05) is 23.1 Å². The van der Waals surface area contributed by atoms with Gasteiger partial charge in [0.05, 0.1) is 6.54 Å². The van der Waals surface area contributed by atoms with Crippen molar-refractivity contribution < 1.29 is 9.32 Å². The van der Waals surface area contributed by atoms with Gasteiger partial charge in [0.15, 0.2) is 0 Å². The second kappa shape index (κ2) is 5.96. The first-order chi connectivity index (χ1) is 11.7. The fourth-order valence-corrected chi connectivity index (χ4v) is 3.16. The molecule has 1 amide bonds. The van der Waals surface area contributed by atoms with Crippen LogP contribution in [0.5, 0.6) is 0 Å². The summed E-state index contributed by atoms with van der Waals surface area (Å²) in [6.07, 6.45) is 0.726. The summed E-state index contributed by atoms with van der Waals surface area (Å²) in [6.45, 7) is 2.88. The molecule has 4 nitrogen and oxygen atoms in total. The summed E-state index contributed by atoms with van der Waals surface area (Å²) in [5, 5.41) is 4.25. The lowest BCUT2D eigenvalue weighted by molar-refractivity contribution is -0.129. The summed E-state index contributed by atoms with van der Waals surface area (Å²) < 4.78 is 5.50. The van der Waals surface area contributed by atoms with Crippen LogP contribution in [0.3, 0.4) is 0 Å². The van der Waals surface area contributed by atoms with Gasteiger partial charge in [0, 0.05) is 31.0 Å². The molecule has 0 saturated carbocycles. The van der Waals surface area contributed by atoms with Crippen molar-refractivity contribution in [1.29, 1.82) is 0 Å².